The van der Waals surface area contributed by atoms with Gasteiger partial charge in [-0.05, 0) is 29.7 Å². The Bertz CT molecular complexity index is 1040. The van der Waals surface area contributed by atoms with Crippen LogP contribution < -0.4 is 0 Å². The van der Waals surface area contributed by atoms with Crippen LogP contribution in [0.15, 0.2) is 47.1 Å². The van der Waals surface area contributed by atoms with Crippen molar-refractivity contribution < 1.29 is 14.0 Å². The number of carbonyl (C=O) groups excluding carboxylic acids is 2. The third kappa shape index (κ3) is 2.79. The van der Waals surface area contributed by atoms with Crippen molar-refractivity contribution in [3.8, 4) is 0 Å². The van der Waals surface area contributed by atoms with E-state index >= 15 is 0 Å². The number of benzene rings is 1. The SMILES string of the molecule is O=C(c1ccco1)N1CCc2[nH]nc(C(=O)N3CCc4ccccc4C3)c2C1. The van der Waals surface area contributed by atoms with Crippen LogP contribution in [0.3, 0.4) is 0 Å². The van der Waals surface area contributed by atoms with Crippen LogP contribution in [0.1, 0.15) is 43.4 Å². The van der Waals surface area contributed by atoms with Gasteiger partial charge in [0.1, 0.15) is 0 Å². The number of furan rings is 1. The predicted molar refractivity (Wildman–Crippen MR) is 101 cm³/mol. The maximum atomic E-state index is 13.2. The van der Waals surface area contributed by atoms with Crippen molar-refractivity contribution in [2.75, 3.05) is 13.1 Å². The first kappa shape index (κ1) is 16.8. The van der Waals surface area contributed by atoms with Crippen molar-refractivity contribution in [1.29, 1.82) is 0 Å². The number of aromatic nitrogens is 2. The summed E-state index contributed by atoms with van der Waals surface area (Å²) < 4.78 is 5.23. The first-order chi connectivity index (χ1) is 13.7. The standard InChI is InChI=1S/C21H20N4O3/c26-20(18-6-3-11-28-18)25-10-8-17-16(13-25)19(23-22-17)21(27)24-9-7-14-4-1-2-5-15(14)12-24/h1-6,11H,7-10,12-13H2,(H,22,23). The Morgan fingerprint density at radius 1 is 0.929 bits per heavy atom. The van der Waals surface area contributed by atoms with Gasteiger partial charge in [-0.2, -0.15) is 5.10 Å². The average Bonchev–Trinajstić information content (AvgIpc) is 3.42. The molecule has 4 heterocycles. The molecular formula is C21H20N4O3. The minimum atomic E-state index is -0.165. The monoisotopic (exact) mass is 376 g/mol. The van der Waals surface area contributed by atoms with Crippen LogP contribution in [0.4, 0.5) is 0 Å². The minimum absolute atomic E-state index is 0.0840. The Labute approximate surface area is 161 Å². The molecule has 0 fully saturated rings. The lowest BCUT2D eigenvalue weighted by Crippen LogP contribution is -2.39. The first-order valence-electron chi connectivity index (χ1n) is 9.45. The van der Waals surface area contributed by atoms with Gasteiger partial charge in [-0.25, -0.2) is 0 Å². The minimum Gasteiger partial charge on any atom is -0.459 e. The van der Waals surface area contributed by atoms with E-state index in [-0.39, 0.29) is 11.8 Å². The maximum Gasteiger partial charge on any atom is 0.289 e. The van der Waals surface area contributed by atoms with E-state index in [1.807, 2.05) is 17.0 Å². The zero-order valence-electron chi connectivity index (χ0n) is 15.4. The molecule has 0 radical (unpaired) electrons. The van der Waals surface area contributed by atoms with E-state index in [4.69, 9.17) is 4.42 Å². The van der Waals surface area contributed by atoms with Gasteiger partial charge in [0.05, 0.1) is 12.8 Å². The van der Waals surface area contributed by atoms with E-state index in [1.165, 1.54) is 17.4 Å². The summed E-state index contributed by atoms with van der Waals surface area (Å²) in [7, 11) is 0. The summed E-state index contributed by atoms with van der Waals surface area (Å²) in [6.45, 7) is 2.19. The summed E-state index contributed by atoms with van der Waals surface area (Å²) in [4.78, 5) is 29.3. The van der Waals surface area contributed by atoms with Gasteiger partial charge in [0.25, 0.3) is 11.8 Å². The van der Waals surface area contributed by atoms with Crippen molar-refractivity contribution in [1.82, 2.24) is 20.0 Å². The number of fused-ring (bicyclic) bond motifs is 2. The molecule has 0 atom stereocenters. The Morgan fingerprint density at radius 2 is 1.71 bits per heavy atom. The molecule has 1 N–H and O–H groups in total. The highest BCUT2D eigenvalue weighted by atomic mass is 16.3. The molecule has 0 aliphatic carbocycles. The molecule has 2 aliphatic rings. The fourth-order valence-electron chi connectivity index (χ4n) is 4.02. The van der Waals surface area contributed by atoms with Gasteiger partial charge < -0.3 is 14.2 Å². The molecule has 0 unspecified atom stereocenters. The van der Waals surface area contributed by atoms with Crippen molar-refractivity contribution >= 4 is 11.8 Å². The van der Waals surface area contributed by atoms with Crippen LogP contribution in [0.5, 0.6) is 0 Å². The Morgan fingerprint density at radius 3 is 2.54 bits per heavy atom. The second-order valence-corrected chi connectivity index (χ2v) is 7.23. The highest BCUT2D eigenvalue weighted by molar-refractivity contribution is 5.95. The molecular weight excluding hydrogens is 356 g/mol. The molecule has 28 heavy (non-hydrogen) atoms. The van der Waals surface area contributed by atoms with Crippen molar-refractivity contribution in [2.45, 2.75) is 25.9 Å². The third-order valence-electron chi connectivity index (χ3n) is 5.57. The van der Waals surface area contributed by atoms with E-state index in [0.717, 1.165) is 17.7 Å². The predicted octanol–water partition coefficient (Wildman–Crippen LogP) is 2.40. The lowest BCUT2D eigenvalue weighted by Gasteiger charge is -2.30. The average molecular weight is 376 g/mol. The third-order valence-corrected chi connectivity index (χ3v) is 5.57. The number of hydrogen-bond donors (Lipinski definition) is 1. The molecule has 2 amide bonds. The Balaban J connectivity index is 1.38. The molecule has 2 aromatic heterocycles. The number of rotatable bonds is 2. The normalized spacial score (nSPS) is 15.9. The van der Waals surface area contributed by atoms with E-state index in [1.54, 1.807) is 17.0 Å². The van der Waals surface area contributed by atoms with E-state index < -0.39 is 0 Å². The molecule has 142 valence electrons. The Hall–Kier alpha value is -3.35. The fourth-order valence-corrected chi connectivity index (χ4v) is 4.02. The molecule has 0 saturated carbocycles. The van der Waals surface area contributed by atoms with Crippen LogP contribution in [0.25, 0.3) is 0 Å². The zero-order chi connectivity index (χ0) is 19.1. The topological polar surface area (TPSA) is 82.4 Å². The molecule has 2 aliphatic heterocycles. The van der Waals surface area contributed by atoms with Crippen LogP contribution >= 0.6 is 0 Å². The highest BCUT2D eigenvalue weighted by Crippen LogP contribution is 2.25. The van der Waals surface area contributed by atoms with Crippen molar-refractivity contribution in [3.05, 3.63) is 76.5 Å². The second-order valence-electron chi connectivity index (χ2n) is 7.23. The quantitative estimate of drug-likeness (QED) is 0.745. The smallest absolute Gasteiger partial charge is 0.289 e. The van der Waals surface area contributed by atoms with Crippen LogP contribution in [0, 0.1) is 0 Å². The molecule has 0 bridgehead atoms. The molecule has 7 heteroatoms. The van der Waals surface area contributed by atoms with Gasteiger partial charge in [0.2, 0.25) is 0 Å². The Kier molecular flexibility index (Phi) is 4.00. The van der Waals surface area contributed by atoms with Crippen molar-refractivity contribution in [3.63, 3.8) is 0 Å². The maximum absolute atomic E-state index is 13.2. The lowest BCUT2D eigenvalue weighted by atomic mass is 9.99. The lowest BCUT2D eigenvalue weighted by molar-refractivity contribution is 0.0685. The largest absolute Gasteiger partial charge is 0.459 e. The molecule has 5 rings (SSSR count). The van der Waals surface area contributed by atoms with Gasteiger partial charge in [0, 0.05) is 37.3 Å². The summed E-state index contributed by atoms with van der Waals surface area (Å²) in [5.74, 6) is 0.0638. The van der Waals surface area contributed by atoms with Gasteiger partial charge in [-0.15, -0.1) is 0 Å². The highest BCUT2D eigenvalue weighted by Gasteiger charge is 2.31. The van der Waals surface area contributed by atoms with E-state index in [9.17, 15) is 9.59 Å². The number of H-pyrrole nitrogens is 1. The summed E-state index contributed by atoms with van der Waals surface area (Å²) >= 11 is 0. The summed E-state index contributed by atoms with van der Waals surface area (Å²) in [5.41, 5.74) is 4.65. The molecule has 1 aromatic carbocycles. The number of nitrogens with one attached hydrogen (secondary N) is 1. The van der Waals surface area contributed by atoms with E-state index in [0.29, 0.717) is 44.1 Å². The van der Waals surface area contributed by atoms with Gasteiger partial charge in [-0.3, -0.25) is 14.7 Å². The molecule has 3 aromatic rings. The number of amides is 2. The second kappa shape index (κ2) is 6.67. The fraction of sp³-hybridized carbons (Fsp3) is 0.286. The first-order valence-corrected chi connectivity index (χ1v) is 9.45. The van der Waals surface area contributed by atoms with Gasteiger partial charge >= 0.3 is 0 Å². The zero-order valence-corrected chi connectivity index (χ0v) is 15.4. The number of aromatic amines is 1. The summed E-state index contributed by atoms with van der Waals surface area (Å²) in [6.07, 6.45) is 2.98. The van der Waals surface area contributed by atoms with Crippen LogP contribution in [-0.4, -0.2) is 44.9 Å². The molecule has 0 saturated heterocycles. The number of nitrogens with zero attached hydrogens (tertiary/aromatic N) is 3. The van der Waals surface area contributed by atoms with E-state index in [2.05, 4.69) is 22.3 Å². The van der Waals surface area contributed by atoms with Gasteiger partial charge in [0.15, 0.2) is 11.5 Å². The van der Waals surface area contributed by atoms with Crippen LogP contribution in [-0.2, 0) is 25.9 Å². The summed E-state index contributed by atoms with van der Waals surface area (Å²) in [5, 5.41) is 7.31. The van der Waals surface area contributed by atoms with Gasteiger partial charge in [-0.1, -0.05) is 24.3 Å². The number of hydrogen-bond acceptors (Lipinski definition) is 4. The molecule has 0 spiro atoms. The van der Waals surface area contributed by atoms with Crippen molar-refractivity contribution in [2.24, 2.45) is 0 Å². The summed E-state index contributed by atoms with van der Waals surface area (Å²) in [6, 6.07) is 11.6. The molecule has 7 nitrogen and oxygen atoms in total. The van der Waals surface area contributed by atoms with Crippen LogP contribution in [0.2, 0.25) is 0 Å². The number of carbonyl (C=O) groups is 2.